The van der Waals surface area contributed by atoms with E-state index < -0.39 is 0 Å². The molecule has 3 rings (SSSR count). The smallest absolute Gasteiger partial charge is 0.146 e. The lowest BCUT2D eigenvalue weighted by atomic mass is 9.70. The maximum Gasteiger partial charge on any atom is 0.146 e. The molecule has 0 unspecified atom stereocenters. The van der Waals surface area contributed by atoms with E-state index in [1.54, 1.807) is 6.20 Å². The Balaban J connectivity index is 1.60. The second kappa shape index (κ2) is 5.51. The van der Waals surface area contributed by atoms with E-state index in [2.05, 4.69) is 15.5 Å². The van der Waals surface area contributed by atoms with Crippen LogP contribution in [0.1, 0.15) is 44.9 Å². The van der Waals surface area contributed by atoms with Crippen molar-refractivity contribution in [3.8, 4) is 0 Å². The summed E-state index contributed by atoms with van der Waals surface area (Å²) in [5.74, 6) is 2.72. The Morgan fingerprint density at radius 3 is 2.83 bits per heavy atom. The predicted molar refractivity (Wildman–Crippen MR) is 74.6 cm³/mol. The van der Waals surface area contributed by atoms with E-state index in [4.69, 9.17) is 0 Å². The van der Waals surface area contributed by atoms with Gasteiger partial charge in [0.25, 0.3) is 0 Å². The van der Waals surface area contributed by atoms with Gasteiger partial charge in [0, 0.05) is 11.9 Å². The molecule has 1 aromatic rings. The first-order chi connectivity index (χ1) is 8.92. The van der Waals surface area contributed by atoms with Crippen molar-refractivity contribution in [3.05, 3.63) is 24.4 Å². The van der Waals surface area contributed by atoms with Gasteiger partial charge in [0.15, 0.2) is 0 Å². The van der Waals surface area contributed by atoms with Crippen LogP contribution >= 0.6 is 0 Å². The third-order valence-corrected chi connectivity index (χ3v) is 4.36. The molecule has 2 saturated carbocycles. The molecule has 0 aromatic carbocycles. The first-order valence-electron chi connectivity index (χ1n) is 7.14. The Kier molecular flexibility index (Phi) is 3.58. The fourth-order valence-corrected chi connectivity index (χ4v) is 3.36. The molecule has 1 N–H and O–H groups in total. The summed E-state index contributed by atoms with van der Waals surface area (Å²) >= 11 is 0. The topological polar surface area (TPSA) is 37.3 Å². The fraction of sp³-hybridized carbons (Fsp3) is 0.600. The third-order valence-electron chi connectivity index (χ3n) is 4.36. The number of rotatable bonds is 2. The molecule has 3 heteroatoms. The predicted octanol–water partition coefficient (Wildman–Crippen LogP) is 3.84. The van der Waals surface area contributed by atoms with Crippen molar-refractivity contribution in [3.63, 3.8) is 0 Å². The first kappa shape index (κ1) is 11.7. The van der Waals surface area contributed by atoms with Gasteiger partial charge in [-0.15, -0.1) is 0 Å². The highest BCUT2D eigenvalue weighted by Crippen LogP contribution is 2.39. The summed E-state index contributed by atoms with van der Waals surface area (Å²) < 4.78 is 0. The molecule has 2 atom stereocenters. The summed E-state index contributed by atoms with van der Waals surface area (Å²) in [6.07, 6.45) is 11.2. The number of hydrogen-bond acceptors (Lipinski definition) is 3. The van der Waals surface area contributed by atoms with Gasteiger partial charge in [0.2, 0.25) is 0 Å². The van der Waals surface area contributed by atoms with Crippen LogP contribution in [0.5, 0.6) is 0 Å². The molecule has 0 bridgehead atoms. The fourth-order valence-electron chi connectivity index (χ4n) is 3.36. The lowest BCUT2D eigenvalue weighted by Crippen LogP contribution is -2.28. The zero-order valence-electron chi connectivity index (χ0n) is 10.8. The van der Waals surface area contributed by atoms with Crippen LogP contribution < -0.4 is 5.43 Å². The summed E-state index contributed by atoms with van der Waals surface area (Å²) in [5, 5.41) is 4.55. The van der Waals surface area contributed by atoms with Crippen LogP contribution in [-0.4, -0.2) is 10.7 Å². The monoisotopic (exact) mass is 243 g/mol. The second-order valence-corrected chi connectivity index (χ2v) is 5.55. The maximum absolute atomic E-state index is 4.55. The van der Waals surface area contributed by atoms with Crippen LogP contribution in [0.25, 0.3) is 0 Å². The van der Waals surface area contributed by atoms with E-state index in [1.807, 2.05) is 18.2 Å². The number of aromatic nitrogens is 1. The summed E-state index contributed by atoms with van der Waals surface area (Å²) in [4.78, 5) is 4.23. The molecule has 1 aromatic heterocycles. The standard InChI is InChI=1S/C15H21N3/c1-2-6-13-11-14(9-8-12(13)5-1)17-18-15-7-3-4-10-16-15/h3-4,7,10,12-13H,1-2,5-6,8-9,11H2,(H,16,18)/b17-14+/t12-,13+/m0/s1. The number of hydrazone groups is 1. The lowest BCUT2D eigenvalue weighted by molar-refractivity contribution is 0.218. The number of nitrogens with one attached hydrogen (secondary N) is 1. The van der Waals surface area contributed by atoms with E-state index in [1.165, 1.54) is 50.7 Å². The van der Waals surface area contributed by atoms with Gasteiger partial charge in [-0.25, -0.2) is 4.98 Å². The van der Waals surface area contributed by atoms with Crippen LogP contribution in [0.15, 0.2) is 29.5 Å². The van der Waals surface area contributed by atoms with Gasteiger partial charge in [-0.1, -0.05) is 25.3 Å². The quantitative estimate of drug-likeness (QED) is 0.801. The molecule has 0 saturated heterocycles. The van der Waals surface area contributed by atoms with E-state index >= 15 is 0 Å². The molecule has 18 heavy (non-hydrogen) atoms. The Bertz CT molecular complexity index is 413. The van der Waals surface area contributed by atoms with Gasteiger partial charge >= 0.3 is 0 Å². The average molecular weight is 243 g/mol. The molecule has 2 aliphatic rings. The number of hydrogen-bond donors (Lipinski definition) is 1. The average Bonchev–Trinajstić information content (AvgIpc) is 2.46. The van der Waals surface area contributed by atoms with Crippen molar-refractivity contribution in [1.82, 2.24) is 4.98 Å². The van der Waals surface area contributed by atoms with Gasteiger partial charge in [-0.05, 0) is 49.7 Å². The molecule has 0 aliphatic heterocycles. The highest BCUT2D eigenvalue weighted by atomic mass is 15.3. The van der Waals surface area contributed by atoms with E-state index in [0.717, 1.165) is 17.7 Å². The number of pyridine rings is 1. The van der Waals surface area contributed by atoms with Crippen molar-refractivity contribution in [1.29, 1.82) is 0 Å². The zero-order valence-corrected chi connectivity index (χ0v) is 10.8. The van der Waals surface area contributed by atoms with Gasteiger partial charge in [-0.2, -0.15) is 5.10 Å². The molecule has 2 aliphatic carbocycles. The van der Waals surface area contributed by atoms with Crippen molar-refractivity contribution in [2.75, 3.05) is 5.43 Å². The first-order valence-corrected chi connectivity index (χ1v) is 7.14. The van der Waals surface area contributed by atoms with Crippen LogP contribution in [0, 0.1) is 11.8 Å². The third kappa shape index (κ3) is 2.71. The Labute approximate surface area is 109 Å². The SMILES string of the molecule is c1ccc(N/N=C2\CC[C@@H]3CCCC[C@@H]3C2)nc1. The summed E-state index contributed by atoms with van der Waals surface area (Å²) in [5.41, 5.74) is 4.42. The molecule has 2 fully saturated rings. The summed E-state index contributed by atoms with van der Waals surface area (Å²) in [6.45, 7) is 0. The molecule has 0 radical (unpaired) electrons. The van der Waals surface area contributed by atoms with E-state index in [9.17, 15) is 0 Å². The largest absolute Gasteiger partial charge is 0.261 e. The molecular formula is C15H21N3. The van der Waals surface area contributed by atoms with E-state index in [0.29, 0.717) is 0 Å². The van der Waals surface area contributed by atoms with E-state index in [-0.39, 0.29) is 0 Å². The molecule has 96 valence electrons. The van der Waals surface area contributed by atoms with Crippen molar-refractivity contribution in [2.45, 2.75) is 44.9 Å². The Morgan fingerprint density at radius 2 is 2.00 bits per heavy atom. The number of fused-ring (bicyclic) bond motifs is 1. The minimum atomic E-state index is 0.843. The van der Waals surface area contributed by atoms with Crippen LogP contribution in [0.2, 0.25) is 0 Å². The highest BCUT2D eigenvalue weighted by Gasteiger charge is 2.30. The lowest BCUT2D eigenvalue weighted by Gasteiger charge is -2.35. The maximum atomic E-state index is 4.55. The minimum absolute atomic E-state index is 0.843. The number of nitrogens with zero attached hydrogens (tertiary/aromatic N) is 2. The van der Waals surface area contributed by atoms with Gasteiger partial charge in [0.05, 0.1) is 0 Å². The summed E-state index contributed by atoms with van der Waals surface area (Å²) in [6, 6.07) is 5.86. The second-order valence-electron chi connectivity index (χ2n) is 5.55. The van der Waals surface area contributed by atoms with Crippen molar-refractivity contribution >= 4 is 11.5 Å². The summed E-state index contributed by atoms with van der Waals surface area (Å²) in [7, 11) is 0. The van der Waals surface area contributed by atoms with Crippen molar-refractivity contribution in [2.24, 2.45) is 16.9 Å². The molecule has 3 nitrogen and oxygen atoms in total. The normalized spacial score (nSPS) is 29.9. The molecule has 0 spiro atoms. The Morgan fingerprint density at radius 1 is 1.11 bits per heavy atom. The molecule has 0 amide bonds. The van der Waals surface area contributed by atoms with Crippen LogP contribution in [-0.2, 0) is 0 Å². The van der Waals surface area contributed by atoms with Crippen molar-refractivity contribution < 1.29 is 0 Å². The van der Waals surface area contributed by atoms with Crippen LogP contribution in [0.3, 0.4) is 0 Å². The zero-order chi connectivity index (χ0) is 12.2. The van der Waals surface area contributed by atoms with Crippen LogP contribution in [0.4, 0.5) is 5.82 Å². The molecule has 1 heterocycles. The van der Waals surface area contributed by atoms with Gasteiger partial charge in [-0.3, -0.25) is 5.43 Å². The molecular weight excluding hydrogens is 222 g/mol. The highest BCUT2D eigenvalue weighted by molar-refractivity contribution is 5.86. The Hall–Kier alpha value is -1.38. The van der Waals surface area contributed by atoms with Gasteiger partial charge < -0.3 is 0 Å². The number of anilines is 1. The van der Waals surface area contributed by atoms with Gasteiger partial charge in [0.1, 0.15) is 5.82 Å². The minimum Gasteiger partial charge on any atom is -0.261 e.